The van der Waals surface area contributed by atoms with Crippen molar-refractivity contribution in [2.75, 3.05) is 14.2 Å². The molecule has 3 aromatic rings. The second-order valence-electron chi connectivity index (χ2n) is 6.51. The van der Waals surface area contributed by atoms with Gasteiger partial charge in [-0.1, -0.05) is 34.1 Å². The van der Waals surface area contributed by atoms with Gasteiger partial charge >= 0.3 is 0 Å². The Hall–Kier alpha value is -2.03. The number of ether oxygens (including phenoxy) is 3. The first kappa shape index (κ1) is 23.6. The summed E-state index contributed by atoms with van der Waals surface area (Å²) in [6.45, 7) is 1.04. The van der Waals surface area contributed by atoms with E-state index in [4.69, 9.17) is 14.2 Å². The average molecular weight is 613 g/mol. The summed E-state index contributed by atoms with van der Waals surface area (Å²) in [5.41, 5.74) is 6.10. The molecule has 0 aliphatic heterocycles. The Bertz CT molecular complexity index is 1030. The van der Waals surface area contributed by atoms with E-state index in [0.29, 0.717) is 24.7 Å². The van der Waals surface area contributed by atoms with Crippen molar-refractivity contribution in [3.63, 3.8) is 0 Å². The van der Waals surface area contributed by atoms with E-state index in [2.05, 4.69) is 58.3 Å². The number of methoxy groups -OCH3 is 2. The van der Waals surface area contributed by atoms with Gasteiger partial charge in [0.2, 0.25) is 0 Å². The molecule has 3 aromatic carbocycles. The zero-order valence-corrected chi connectivity index (χ0v) is 21.8. The molecule has 8 heteroatoms. The van der Waals surface area contributed by atoms with Gasteiger partial charge in [0.05, 0.1) is 35.9 Å². The number of rotatable bonds is 9. The van der Waals surface area contributed by atoms with Gasteiger partial charge in [-0.2, -0.15) is 5.10 Å². The van der Waals surface area contributed by atoms with Crippen LogP contribution in [-0.2, 0) is 13.2 Å². The van der Waals surface area contributed by atoms with Crippen LogP contribution in [0, 0.1) is 0 Å². The smallest absolute Gasteiger partial charge is 0.161 e. The lowest BCUT2D eigenvalue weighted by Crippen LogP contribution is -2.06. The summed E-state index contributed by atoms with van der Waals surface area (Å²) in [5.74, 6) is 2.14. The van der Waals surface area contributed by atoms with Gasteiger partial charge in [-0.25, -0.2) is 0 Å². The number of hydrogen-bond donors (Lipinski definition) is 1. The Morgan fingerprint density at radius 2 is 1.48 bits per heavy atom. The Balaban J connectivity index is 1.59. The standard InChI is InChI=1S/C23H21Br3N2O3/c1-29-21-8-5-16(11-22(21)30-2)12-27-28-13-17-9-19(25)23(20(26)10-17)31-14-15-3-6-18(24)7-4-15/h3-11,13,27H,12,14H2,1-2H3/b28-13+. The topological polar surface area (TPSA) is 52.1 Å². The van der Waals surface area contributed by atoms with Crippen LogP contribution < -0.4 is 19.6 Å². The number of benzene rings is 3. The Morgan fingerprint density at radius 1 is 0.839 bits per heavy atom. The van der Waals surface area contributed by atoms with E-state index in [1.807, 2.05) is 54.6 Å². The molecular weight excluding hydrogens is 592 g/mol. The lowest BCUT2D eigenvalue weighted by Gasteiger charge is -2.11. The molecule has 0 amide bonds. The molecule has 0 saturated heterocycles. The van der Waals surface area contributed by atoms with Gasteiger partial charge in [-0.3, -0.25) is 0 Å². The lowest BCUT2D eigenvalue weighted by molar-refractivity contribution is 0.302. The summed E-state index contributed by atoms with van der Waals surface area (Å²) in [7, 11) is 3.24. The highest BCUT2D eigenvalue weighted by atomic mass is 79.9. The SMILES string of the molecule is COc1ccc(CN/N=C/c2cc(Br)c(OCc3ccc(Br)cc3)c(Br)c2)cc1OC. The Kier molecular flexibility index (Phi) is 8.80. The fraction of sp³-hybridized carbons (Fsp3) is 0.174. The molecule has 0 aromatic heterocycles. The molecular formula is C23H21Br3N2O3. The van der Waals surface area contributed by atoms with Gasteiger partial charge in [0.1, 0.15) is 12.4 Å². The third kappa shape index (κ3) is 6.72. The van der Waals surface area contributed by atoms with Crippen molar-refractivity contribution in [1.82, 2.24) is 5.43 Å². The van der Waals surface area contributed by atoms with E-state index >= 15 is 0 Å². The molecule has 0 fully saturated rings. The largest absolute Gasteiger partial charge is 0.493 e. The molecule has 0 radical (unpaired) electrons. The van der Waals surface area contributed by atoms with E-state index in [0.717, 1.165) is 35.9 Å². The second kappa shape index (κ2) is 11.5. The molecule has 5 nitrogen and oxygen atoms in total. The van der Waals surface area contributed by atoms with E-state index < -0.39 is 0 Å². The molecule has 1 N–H and O–H groups in total. The van der Waals surface area contributed by atoms with Crippen LogP contribution in [0.4, 0.5) is 0 Å². The summed E-state index contributed by atoms with van der Waals surface area (Å²) in [6.07, 6.45) is 1.76. The summed E-state index contributed by atoms with van der Waals surface area (Å²) in [4.78, 5) is 0. The van der Waals surface area contributed by atoms with E-state index in [1.165, 1.54) is 0 Å². The highest BCUT2D eigenvalue weighted by Gasteiger charge is 2.09. The van der Waals surface area contributed by atoms with Crippen LogP contribution in [0.5, 0.6) is 17.2 Å². The fourth-order valence-electron chi connectivity index (χ4n) is 2.78. The third-order valence-corrected chi connectivity index (χ3v) is 6.06. The maximum Gasteiger partial charge on any atom is 0.161 e. The van der Waals surface area contributed by atoms with Crippen molar-refractivity contribution in [1.29, 1.82) is 0 Å². The molecule has 0 unspecified atom stereocenters. The number of hydrogen-bond acceptors (Lipinski definition) is 5. The van der Waals surface area contributed by atoms with Crippen LogP contribution in [0.25, 0.3) is 0 Å². The monoisotopic (exact) mass is 610 g/mol. The summed E-state index contributed by atoms with van der Waals surface area (Å²) in [6, 6.07) is 17.7. The van der Waals surface area contributed by atoms with E-state index in [-0.39, 0.29) is 0 Å². The summed E-state index contributed by atoms with van der Waals surface area (Å²) < 4.78 is 19.3. The Morgan fingerprint density at radius 3 is 2.13 bits per heavy atom. The molecule has 0 saturated carbocycles. The van der Waals surface area contributed by atoms with Crippen molar-refractivity contribution in [2.45, 2.75) is 13.2 Å². The molecule has 3 rings (SSSR count). The Labute approximate surface area is 207 Å². The number of halogens is 3. The lowest BCUT2D eigenvalue weighted by atomic mass is 10.2. The van der Waals surface area contributed by atoms with Crippen molar-refractivity contribution >= 4 is 54.0 Å². The summed E-state index contributed by atoms with van der Waals surface area (Å²) >= 11 is 10.6. The maximum atomic E-state index is 5.98. The van der Waals surface area contributed by atoms with Crippen molar-refractivity contribution < 1.29 is 14.2 Å². The van der Waals surface area contributed by atoms with Gasteiger partial charge in [0.15, 0.2) is 11.5 Å². The average Bonchev–Trinajstić information content (AvgIpc) is 2.77. The van der Waals surface area contributed by atoms with Gasteiger partial charge in [0, 0.05) is 4.47 Å². The normalized spacial score (nSPS) is 10.9. The molecule has 0 atom stereocenters. The van der Waals surface area contributed by atoms with Crippen LogP contribution in [0.2, 0.25) is 0 Å². The maximum absolute atomic E-state index is 5.98. The molecule has 0 aliphatic carbocycles. The number of nitrogens with one attached hydrogen (secondary N) is 1. The predicted molar refractivity (Wildman–Crippen MR) is 134 cm³/mol. The fourth-order valence-corrected chi connectivity index (χ4v) is 4.49. The zero-order chi connectivity index (χ0) is 22.2. The van der Waals surface area contributed by atoms with Crippen molar-refractivity contribution in [2.24, 2.45) is 5.10 Å². The van der Waals surface area contributed by atoms with Crippen LogP contribution >= 0.6 is 47.8 Å². The quantitative estimate of drug-likeness (QED) is 0.216. The molecule has 162 valence electrons. The van der Waals surface area contributed by atoms with Gasteiger partial charge in [-0.15, -0.1) is 0 Å². The molecule has 31 heavy (non-hydrogen) atoms. The van der Waals surface area contributed by atoms with E-state index in [9.17, 15) is 0 Å². The minimum atomic E-state index is 0.477. The minimum absolute atomic E-state index is 0.477. The van der Waals surface area contributed by atoms with Crippen LogP contribution in [0.3, 0.4) is 0 Å². The first-order valence-electron chi connectivity index (χ1n) is 9.33. The molecule has 0 spiro atoms. The van der Waals surface area contributed by atoms with E-state index in [1.54, 1.807) is 20.4 Å². The number of nitrogens with zero attached hydrogens (tertiary/aromatic N) is 1. The second-order valence-corrected chi connectivity index (χ2v) is 9.14. The highest BCUT2D eigenvalue weighted by Crippen LogP contribution is 2.35. The first-order chi connectivity index (χ1) is 15.0. The molecule has 0 heterocycles. The van der Waals surface area contributed by atoms with Crippen molar-refractivity contribution in [3.8, 4) is 17.2 Å². The van der Waals surface area contributed by atoms with Crippen LogP contribution in [0.1, 0.15) is 16.7 Å². The van der Waals surface area contributed by atoms with Crippen LogP contribution in [-0.4, -0.2) is 20.4 Å². The third-order valence-electron chi connectivity index (χ3n) is 4.35. The van der Waals surface area contributed by atoms with Crippen LogP contribution in [0.15, 0.2) is 73.1 Å². The minimum Gasteiger partial charge on any atom is -0.493 e. The molecule has 0 aliphatic rings. The highest BCUT2D eigenvalue weighted by molar-refractivity contribution is 9.11. The summed E-state index contributed by atoms with van der Waals surface area (Å²) in [5, 5.41) is 4.31. The van der Waals surface area contributed by atoms with Crippen molar-refractivity contribution in [3.05, 3.63) is 84.7 Å². The molecule has 0 bridgehead atoms. The van der Waals surface area contributed by atoms with Gasteiger partial charge < -0.3 is 19.6 Å². The van der Waals surface area contributed by atoms with Gasteiger partial charge in [-0.05, 0) is 84.9 Å². The number of hydrazone groups is 1. The predicted octanol–water partition coefficient (Wildman–Crippen LogP) is 6.69. The first-order valence-corrected chi connectivity index (χ1v) is 11.7. The van der Waals surface area contributed by atoms with Gasteiger partial charge in [0.25, 0.3) is 0 Å². The zero-order valence-electron chi connectivity index (χ0n) is 17.0.